The number of hydrogen-bond donors (Lipinski definition) is 2. The number of para-hydroxylation sites is 2. The minimum Gasteiger partial charge on any atom is -0.455 e. The number of nitrogens with one attached hydrogen (secondary N) is 2. The van der Waals surface area contributed by atoms with E-state index in [-0.39, 0.29) is 24.2 Å². The number of hydrogen-bond acceptors (Lipinski definition) is 3. The van der Waals surface area contributed by atoms with Crippen molar-refractivity contribution in [2.75, 3.05) is 11.9 Å². The molecule has 0 unspecified atom stereocenters. The minimum absolute atomic E-state index is 0. The van der Waals surface area contributed by atoms with Gasteiger partial charge < -0.3 is 15.4 Å². The molecule has 4 nitrogen and oxygen atoms in total. The Morgan fingerprint density at radius 3 is 2.76 bits per heavy atom. The summed E-state index contributed by atoms with van der Waals surface area (Å²) in [4.78, 5) is 12.6. The first-order chi connectivity index (χ1) is 11.6. The molecule has 0 aromatic heterocycles. The first kappa shape index (κ1) is 19.3. The molecule has 0 aliphatic carbocycles. The molecular weight excluding hydrogens is 336 g/mol. The topological polar surface area (TPSA) is 50.4 Å². The maximum atomic E-state index is 12.6. The highest BCUT2D eigenvalue weighted by Crippen LogP contribution is 2.30. The van der Waals surface area contributed by atoms with Crippen molar-refractivity contribution in [1.82, 2.24) is 5.32 Å². The molecule has 25 heavy (non-hydrogen) atoms. The van der Waals surface area contributed by atoms with Crippen LogP contribution in [0.3, 0.4) is 0 Å². The second-order valence-corrected chi connectivity index (χ2v) is 6.48. The number of piperidine rings is 1. The lowest BCUT2D eigenvalue weighted by Gasteiger charge is -2.27. The van der Waals surface area contributed by atoms with Crippen LogP contribution in [0.4, 0.5) is 5.69 Å². The van der Waals surface area contributed by atoms with Crippen LogP contribution in [0.2, 0.25) is 0 Å². The molecule has 1 amide bonds. The van der Waals surface area contributed by atoms with Gasteiger partial charge in [0.2, 0.25) is 5.91 Å². The van der Waals surface area contributed by atoms with E-state index < -0.39 is 0 Å². The van der Waals surface area contributed by atoms with Gasteiger partial charge in [0.05, 0.1) is 5.69 Å². The van der Waals surface area contributed by atoms with Crippen LogP contribution in [0, 0.1) is 12.8 Å². The van der Waals surface area contributed by atoms with E-state index in [1.807, 2.05) is 55.5 Å². The Kier molecular flexibility index (Phi) is 6.85. The number of amides is 1. The number of rotatable bonds is 4. The summed E-state index contributed by atoms with van der Waals surface area (Å²) in [7, 11) is 0. The number of aryl methyl sites for hydroxylation is 1. The summed E-state index contributed by atoms with van der Waals surface area (Å²) in [5.74, 6) is 1.56. The van der Waals surface area contributed by atoms with E-state index in [0.29, 0.717) is 11.8 Å². The number of carbonyl (C=O) groups is 1. The van der Waals surface area contributed by atoms with Gasteiger partial charge in [-0.15, -0.1) is 12.4 Å². The number of benzene rings is 2. The van der Waals surface area contributed by atoms with Crippen molar-refractivity contribution < 1.29 is 9.53 Å². The average Bonchev–Trinajstić information content (AvgIpc) is 2.57. The van der Waals surface area contributed by atoms with Crippen LogP contribution in [0.1, 0.15) is 25.3 Å². The molecule has 0 bridgehead atoms. The van der Waals surface area contributed by atoms with Crippen molar-refractivity contribution in [3.8, 4) is 11.5 Å². The Hall–Kier alpha value is -2.04. The third-order valence-electron chi connectivity index (χ3n) is 4.36. The molecule has 0 saturated carbocycles. The molecule has 1 fully saturated rings. The van der Waals surface area contributed by atoms with Crippen LogP contribution in [0.15, 0.2) is 48.5 Å². The van der Waals surface area contributed by atoms with Crippen LogP contribution >= 0.6 is 12.4 Å². The van der Waals surface area contributed by atoms with Crippen molar-refractivity contribution in [2.24, 2.45) is 5.92 Å². The van der Waals surface area contributed by atoms with Gasteiger partial charge in [0.1, 0.15) is 5.75 Å². The lowest BCUT2D eigenvalue weighted by atomic mass is 9.92. The SMILES string of the molecule is Cc1cccc(Oc2ccccc2NC(=O)[C@H]2CCN[C@@H](C)C2)c1.Cl. The smallest absolute Gasteiger partial charge is 0.227 e. The summed E-state index contributed by atoms with van der Waals surface area (Å²) in [5, 5.41) is 6.42. The largest absolute Gasteiger partial charge is 0.455 e. The zero-order valence-corrected chi connectivity index (χ0v) is 15.4. The van der Waals surface area contributed by atoms with E-state index in [1.165, 1.54) is 0 Å². The molecule has 2 aromatic carbocycles. The lowest BCUT2D eigenvalue weighted by Crippen LogP contribution is -2.40. The van der Waals surface area contributed by atoms with Gasteiger partial charge in [0.25, 0.3) is 0 Å². The predicted octanol–water partition coefficient (Wildman–Crippen LogP) is 4.54. The fourth-order valence-corrected chi connectivity index (χ4v) is 3.07. The molecule has 1 aliphatic heterocycles. The van der Waals surface area contributed by atoms with E-state index in [0.717, 1.165) is 36.4 Å². The Bertz CT molecular complexity index is 720. The first-order valence-corrected chi connectivity index (χ1v) is 8.49. The molecule has 2 N–H and O–H groups in total. The van der Waals surface area contributed by atoms with E-state index in [9.17, 15) is 4.79 Å². The van der Waals surface area contributed by atoms with Crippen LogP contribution in [-0.4, -0.2) is 18.5 Å². The summed E-state index contributed by atoms with van der Waals surface area (Å²) >= 11 is 0. The van der Waals surface area contributed by atoms with E-state index in [1.54, 1.807) is 0 Å². The molecule has 0 spiro atoms. The second-order valence-electron chi connectivity index (χ2n) is 6.48. The Morgan fingerprint density at radius 2 is 2.00 bits per heavy atom. The number of ether oxygens (including phenoxy) is 1. The summed E-state index contributed by atoms with van der Waals surface area (Å²) in [6, 6.07) is 15.8. The van der Waals surface area contributed by atoms with Crippen molar-refractivity contribution in [1.29, 1.82) is 0 Å². The van der Waals surface area contributed by atoms with Crippen LogP contribution in [-0.2, 0) is 4.79 Å². The summed E-state index contributed by atoms with van der Waals surface area (Å²) in [5.41, 5.74) is 1.85. The highest BCUT2D eigenvalue weighted by atomic mass is 35.5. The fraction of sp³-hybridized carbons (Fsp3) is 0.350. The van der Waals surface area contributed by atoms with Gasteiger partial charge in [-0.05, 0) is 63.1 Å². The lowest BCUT2D eigenvalue weighted by molar-refractivity contribution is -0.120. The molecule has 5 heteroatoms. The molecule has 1 saturated heterocycles. The summed E-state index contributed by atoms with van der Waals surface area (Å²) < 4.78 is 5.97. The van der Waals surface area contributed by atoms with Crippen LogP contribution in [0.5, 0.6) is 11.5 Å². The summed E-state index contributed by atoms with van der Waals surface area (Å²) in [6.45, 7) is 5.04. The monoisotopic (exact) mass is 360 g/mol. The zero-order valence-electron chi connectivity index (χ0n) is 14.6. The quantitative estimate of drug-likeness (QED) is 0.841. The predicted molar refractivity (Wildman–Crippen MR) is 104 cm³/mol. The minimum atomic E-state index is 0. The van der Waals surface area contributed by atoms with Gasteiger partial charge >= 0.3 is 0 Å². The highest BCUT2D eigenvalue weighted by Gasteiger charge is 2.25. The van der Waals surface area contributed by atoms with Gasteiger partial charge in [-0.3, -0.25) is 4.79 Å². The maximum absolute atomic E-state index is 12.6. The molecule has 2 atom stereocenters. The maximum Gasteiger partial charge on any atom is 0.227 e. The number of halogens is 1. The van der Waals surface area contributed by atoms with Crippen molar-refractivity contribution in [2.45, 2.75) is 32.7 Å². The Morgan fingerprint density at radius 1 is 1.20 bits per heavy atom. The molecule has 1 heterocycles. The van der Waals surface area contributed by atoms with E-state index in [2.05, 4.69) is 17.6 Å². The van der Waals surface area contributed by atoms with Gasteiger partial charge in [-0.25, -0.2) is 0 Å². The molecule has 0 radical (unpaired) electrons. The average molecular weight is 361 g/mol. The molecule has 2 aromatic rings. The number of carbonyl (C=O) groups excluding carboxylic acids is 1. The summed E-state index contributed by atoms with van der Waals surface area (Å²) in [6.07, 6.45) is 1.74. The van der Waals surface area contributed by atoms with Crippen molar-refractivity contribution in [3.63, 3.8) is 0 Å². The number of anilines is 1. The Balaban J connectivity index is 0.00000225. The van der Waals surface area contributed by atoms with Gasteiger partial charge in [-0.2, -0.15) is 0 Å². The van der Waals surface area contributed by atoms with E-state index in [4.69, 9.17) is 4.74 Å². The van der Waals surface area contributed by atoms with Crippen LogP contribution in [0.25, 0.3) is 0 Å². The molecule has 134 valence electrons. The van der Waals surface area contributed by atoms with Crippen molar-refractivity contribution in [3.05, 3.63) is 54.1 Å². The second kappa shape index (κ2) is 8.88. The van der Waals surface area contributed by atoms with Gasteiger partial charge in [0, 0.05) is 12.0 Å². The first-order valence-electron chi connectivity index (χ1n) is 8.49. The standard InChI is InChI=1S/C20H24N2O2.ClH/c1-14-6-5-7-17(12-14)24-19-9-4-3-8-18(19)22-20(23)16-10-11-21-15(2)13-16;/h3-9,12,15-16,21H,10-11,13H2,1-2H3,(H,22,23);1H/t15-,16-;/m0./s1. The fourth-order valence-electron chi connectivity index (χ4n) is 3.07. The third kappa shape index (κ3) is 5.21. The van der Waals surface area contributed by atoms with Gasteiger partial charge in [0.15, 0.2) is 5.75 Å². The van der Waals surface area contributed by atoms with Gasteiger partial charge in [-0.1, -0.05) is 24.3 Å². The van der Waals surface area contributed by atoms with Crippen molar-refractivity contribution >= 4 is 24.0 Å². The molecule has 3 rings (SSSR count). The molecule has 1 aliphatic rings. The molecular formula is C20H25ClN2O2. The van der Waals surface area contributed by atoms with E-state index >= 15 is 0 Å². The highest BCUT2D eigenvalue weighted by molar-refractivity contribution is 5.94. The zero-order chi connectivity index (χ0) is 16.9. The third-order valence-corrected chi connectivity index (χ3v) is 4.36. The Labute approximate surface area is 155 Å². The van der Waals surface area contributed by atoms with Crippen LogP contribution < -0.4 is 15.4 Å². The normalized spacial score (nSPS) is 19.6.